The van der Waals surface area contributed by atoms with E-state index in [1.54, 1.807) is 19.3 Å². The third kappa shape index (κ3) is 5.79. The highest BCUT2D eigenvalue weighted by Gasteiger charge is 2.23. The quantitative estimate of drug-likeness (QED) is 0.671. The van der Waals surface area contributed by atoms with Gasteiger partial charge in [-0.3, -0.25) is 15.1 Å². The van der Waals surface area contributed by atoms with E-state index >= 15 is 0 Å². The average Bonchev–Trinajstić information content (AvgIpc) is 3.12. The molecule has 2 heterocycles. The number of carbonyl (C=O) groups excluding carboxylic acids is 2. The Kier molecular flexibility index (Phi) is 7.62. The van der Waals surface area contributed by atoms with Crippen LogP contribution in [0, 0.1) is 0 Å². The highest BCUT2D eigenvalue weighted by molar-refractivity contribution is 8.00. The van der Waals surface area contributed by atoms with Crippen molar-refractivity contribution >= 4 is 23.7 Å². The average molecular weight is 417 g/mol. The number of pyridine rings is 1. The van der Waals surface area contributed by atoms with Gasteiger partial charge in [0.25, 0.3) is 0 Å². The SMILES string of the molecule is CCCn1c(S[C@H](C)C(=O)NC(=O)NC2CCCCC2)nnc1-c1ccncc1. The minimum atomic E-state index is -0.475. The van der Waals surface area contributed by atoms with Crippen molar-refractivity contribution in [1.29, 1.82) is 0 Å². The number of nitrogens with zero attached hydrogens (tertiary/aromatic N) is 4. The normalized spacial score (nSPS) is 15.7. The molecule has 2 aromatic heterocycles. The molecule has 0 spiro atoms. The van der Waals surface area contributed by atoms with E-state index < -0.39 is 11.3 Å². The fourth-order valence-corrected chi connectivity index (χ4v) is 4.28. The number of thioether (sulfide) groups is 1. The smallest absolute Gasteiger partial charge is 0.321 e. The lowest BCUT2D eigenvalue weighted by molar-refractivity contribution is -0.119. The second-order valence-corrected chi connectivity index (χ2v) is 8.56. The number of carbonyl (C=O) groups is 2. The highest BCUT2D eigenvalue weighted by atomic mass is 32.2. The monoisotopic (exact) mass is 416 g/mol. The predicted molar refractivity (Wildman–Crippen MR) is 112 cm³/mol. The van der Waals surface area contributed by atoms with Crippen LogP contribution in [0.5, 0.6) is 0 Å². The molecule has 0 radical (unpaired) electrons. The minimum absolute atomic E-state index is 0.162. The maximum Gasteiger partial charge on any atom is 0.321 e. The second kappa shape index (κ2) is 10.4. The maximum absolute atomic E-state index is 12.5. The van der Waals surface area contributed by atoms with Crippen molar-refractivity contribution in [3.63, 3.8) is 0 Å². The van der Waals surface area contributed by atoms with Crippen LogP contribution in [0.3, 0.4) is 0 Å². The van der Waals surface area contributed by atoms with Crippen molar-refractivity contribution in [2.24, 2.45) is 0 Å². The van der Waals surface area contributed by atoms with Crippen LogP contribution in [0.2, 0.25) is 0 Å². The molecule has 0 bridgehead atoms. The van der Waals surface area contributed by atoms with E-state index in [1.807, 2.05) is 16.7 Å². The molecule has 1 aliphatic carbocycles. The summed E-state index contributed by atoms with van der Waals surface area (Å²) < 4.78 is 2.01. The van der Waals surface area contributed by atoms with Gasteiger partial charge in [0.1, 0.15) is 0 Å². The first-order valence-corrected chi connectivity index (χ1v) is 11.1. The molecule has 0 saturated heterocycles. The van der Waals surface area contributed by atoms with E-state index in [-0.39, 0.29) is 11.9 Å². The van der Waals surface area contributed by atoms with E-state index in [1.165, 1.54) is 18.2 Å². The van der Waals surface area contributed by atoms with Gasteiger partial charge in [0.2, 0.25) is 5.91 Å². The Hall–Kier alpha value is -2.42. The first-order valence-electron chi connectivity index (χ1n) is 10.2. The molecule has 2 aromatic rings. The fraction of sp³-hybridized carbons (Fsp3) is 0.550. The third-order valence-corrected chi connectivity index (χ3v) is 6.01. The summed E-state index contributed by atoms with van der Waals surface area (Å²) in [6.07, 6.45) is 9.76. The van der Waals surface area contributed by atoms with Crippen LogP contribution in [0.25, 0.3) is 11.4 Å². The molecule has 3 amide bonds. The van der Waals surface area contributed by atoms with E-state index in [0.717, 1.165) is 50.0 Å². The topological polar surface area (TPSA) is 102 Å². The molecule has 1 saturated carbocycles. The number of urea groups is 1. The number of aromatic nitrogens is 4. The number of hydrogen-bond donors (Lipinski definition) is 2. The molecule has 2 N–H and O–H groups in total. The van der Waals surface area contributed by atoms with Gasteiger partial charge in [0.15, 0.2) is 11.0 Å². The second-order valence-electron chi connectivity index (χ2n) is 7.25. The van der Waals surface area contributed by atoms with Crippen molar-refractivity contribution in [2.45, 2.75) is 75.4 Å². The van der Waals surface area contributed by atoms with Gasteiger partial charge in [-0.15, -0.1) is 10.2 Å². The molecule has 1 aliphatic rings. The van der Waals surface area contributed by atoms with Gasteiger partial charge in [-0.1, -0.05) is 37.9 Å². The molecule has 8 nitrogen and oxygen atoms in total. The molecular formula is C20H28N6O2S. The predicted octanol–water partition coefficient (Wildman–Crippen LogP) is 3.39. The Labute approximate surface area is 175 Å². The third-order valence-electron chi connectivity index (χ3n) is 4.93. The standard InChI is InChI=1S/C20H28N6O2S/c1-3-13-26-17(15-9-11-21-12-10-15)24-25-20(26)29-14(2)18(27)23-19(28)22-16-7-5-4-6-8-16/h9-12,14,16H,3-8,13H2,1-2H3,(H2,22,23,27,28)/t14-/m1/s1. The minimum Gasteiger partial charge on any atom is -0.335 e. The molecule has 156 valence electrons. The van der Waals surface area contributed by atoms with Crippen LogP contribution in [0.1, 0.15) is 52.4 Å². The molecule has 1 atom stereocenters. The lowest BCUT2D eigenvalue weighted by atomic mass is 9.96. The van der Waals surface area contributed by atoms with Crippen LogP contribution in [-0.4, -0.2) is 43.0 Å². The Bertz CT molecular complexity index is 820. The van der Waals surface area contributed by atoms with E-state index in [2.05, 4.69) is 32.7 Å². The van der Waals surface area contributed by atoms with Gasteiger partial charge in [-0.25, -0.2) is 4.79 Å². The largest absolute Gasteiger partial charge is 0.335 e. The Morgan fingerprint density at radius 1 is 1.21 bits per heavy atom. The summed E-state index contributed by atoms with van der Waals surface area (Å²) in [6, 6.07) is 3.52. The van der Waals surface area contributed by atoms with Crippen LogP contribution in [0.15, 0.2) is 29.7 Å². The highest BCUT2D eigenvalue weighted by Crippen LogP contribution is 2.27. The van der Waals surface area contributed by atoms with Crippen LogP contribution < -0.4 is 10.6 Å². The van der Waals surface area contributed by atoms with Gasteiger partial charge in [0.05, 0.1) is 5.25 Å². The zero-order valence-corrected chi connectivity index (χ0v) is 17.7. The summed E-state index contributed by atoms with van der Waals surface area (Å²) in [7, 11) is 0. The number of hydrogen-bond acceptors (Lipinski definition) is 6. The Morgan fingerprint density at radius 3 is 2.62 bits per heavy atom. The van der Waals surface area contributed by atoms with Crippen molar-refractivity contribution in [3.8, 4) is 11.4 Å². The summed E-state index contributed by atoms with van der Waals surface area (Å²) in [5, 5.41) is 14.1. The first kappa shape index (κ1) is 21.3. The zero-order valence-electron chi connectivity index (χ0n) is 16.9. The van der Waals surface area contributed by atoms with Crippen LogP contribution >= 0.6 is 11.8 Å². The van der Waals surface area contributed by atoms with Gasteiger partial charge in [-0.05, 0) is 38.3 Å². The van der Waals surface area contributed by atoms with Crippen molar-refractivity contribution < 1.29 is 9.59 Å². The number of amides is 3. The number of imide groups is 1. The van der Waals surface area contributed by atoms with Gasteiger partial charge in [-0.2, -0.15) is 0 Å². The Balaban J connectivity index is 1.62. The van der Waals surface area contributed by atoms with E-state index in [4.69, 9.17) is 0 Å². The van der Waals surface area contributed by atoms with E-state index in [0.29, 0.717) is 5.16 Å². The van der Waals surface area contributed by atoms with Gasteiger partial charge >= 0.3 is 6.03 Å². The lowest BCUT2D eigenvalue weighted by Crippen LogP contribution is -2.47. The van der Waals surface area contributed by atoms with Gasteiger partial charge in [0, 0.05) is 30.5 Å². The molecule has 9 heteroatoms. The summed E-state index contributed by atoms with van der Waals surface area (Å²) in [6.45, 7) is 4.59. The van der Waals surface area contributed by atoms with Crippen LogP contribution in [0.4, 0.5) is 4.79 Å². The molecular weight excluding hydrogens is 388 g/mol. The molecule has 29 heavy (non-hydrogen) atoms. The zero-order chi connectivity index (χ0) is 20.6. The molecule has 0 unspecified atom stereocenters. The summed E-state index contributed by atoms with van der Waals surface area (Å²) in [5.41, 5.74) is 0.928. The summed E-state index contributed by atoms with van der Waals surface area (Å²) in [4.78, 5) is 28.7. The molecule has 0 aromatic carbocycles. The van der Waals surface area contributed by atoms with Gasteiger partial charge < -0.3 is 9.88 Å². The van der Waals surface area contributed by atoms with Crippen molar-refractivity contribution in [2.75, 3.05) is 0 Å². The van der Waals surface area contributed by atoms with Crippen molar-refractivity contribution in [1.82, 2.24) is 30.4 Å². The summed E-state index contributed by atoms with van der Waals surface area (Å²) >= 11 is 1.30. The summed E-state index contributed by atoms with van der Waals surface area (Å²) in [5.74, 6) is 0.416. The molecule has 1 fully saturated rings. The molecule has 3 rings (SSSR count). The maximum atomic E-state index is 12.5. The first-order chi connectivity index (χ1) is 14.1. The number of rotatable bonds is 7. The molecule has 0 aliphatic heterocycles. The van der Waals surface area contributed by atoms with Crippen molar-refractivity contribution in [3.05, 3.63) is 24.5 Å². The lowest BCUT2D eigenvalue weighted by Gasteiger charge is -2.23. The number of nitrogens with one attached hydrogen (secondary N) is 2. The Morgan fingerprint density at radius 2 is 1.93 bits per heavy atom. The van der Waals surface area contributed by atoms with E-state index in [9.17, 15) is 9.59 Å². The fourth-order valence-electron chi connectivity index (χ4n) is 3.41. The van der Waals surface area contributed by atoms with Crippen LogP contribution in [-0.2, 0) is 11.3 Å².